The normalized spacial score (nSPS) is 27.0. The van der Waals surface area contributed by atoms with E-state index in [0.29, 0.717) is 5.56 Å². The highest BCUT2D eigenvalue weighted by Gasteiger charge is 2.32. The van der Waals surface area contributed by atoms with Crippen molar-refractivity contribution in [2.24, 2.45) is 16.8 Å². The minimum absolute atomic E-state index is 0.235. The van der Waals surface area contributed by atoms with Gasteiger partial charge in [0, 0.05) is 43.5 Å². The molecule has 0 bridgehead atoms. The highest BCUT2D eigenvalue weighted by atomic mass is 19.1. The van der Waals surface area contributed by atoms with E-state index in [1.54, 1.807) is 12.1 Å². The fourth-order valence-corrected chi connectivity index (χ4v) is 5.72. The van der Waals surface area contributed by atoms with E-state index in [4.69, 9.17) is 4.99 Å². The van der Waals surface area contributed by atoms with Crippen molar-refractivity contribution in [1.29, 1.82) is 0 Å². The molecule has 4 rings (SSSR count). The van der Waals surface area contributed by atoms with Gasteiger partial charge < -0.3 is 15.1 Å². The van der Waals surface area contributed by atoms with Crippen LogP contribution in [0, 0.1) is 17.7 Å². The molecular formula is C30H45FN4. The predicted molar refractivity (Wildman–Crippen MR) is 148 cm³/mol. The number of hydrogen-bond acceptors (Lipinski definition) is 3. The molecule has 2 fully saturated rings. The number of allylic oxidation sites excluding steroid dienone is 2. The van der Waals surface area contributed by atoms with E-state index in [1.165, 1.54) is 38.8 Å². The van der Waals surface area contributed by atoms with Gasteiger partial charge in [0.15, 0.2) is 0 Å². The Bertz CT molecular complexity index is 948. The first-order valence-corrected chi connectivity index (χ1v) is 13.6. The van der Waals surface area contributed by atoms with Gasteiger partial charge >= 0.3 is 0 Å². The largest absolute Gasteiger partial charge is 0.337 e. The van der Waals surface area contributed by atoms with Gasteiger partial charge in [-0.25, -0.2) is 4.39 Å². The molecule has 3 aliphatic heterocycles. The topological polar surface area (TPSA) is 30.9 Å². The molecule has 192 valence electrons. The summed E-state index contributed by atoms with van der Waals surface area (Å²) in [7, 11) is 1.96. The molecule has 0 aliphatic carbocycles. The molecule has 35 heavy (non-hydrogen) atoms. The zero-order valence-electron chi connectivity index (χ0n) is 22.5. The van der Waals surface area contributed by atoms with E-state index in [9.17, 15) is 4.39 Å². The third-order valence-electron chi connectivity index (χ3n) is 7.45. The summed E-state index contributed by atoms with van der Waals surface area (Å²) >= 11 is 0. The third kappa shape index (κ3) is 6.84. The number of nitrogens with zero attached hydrogens (tertiary/aromatic N) is 3. The van der Waals surface area contributed by atoms with Crippen LogP contribution < -0.4 is 5.32 Å². The number of rotatable bonds is 6. The zero-order chi connectivity index (χ0) is 25.4. The molecule has 1 aromatic carbocycles. The third-order valence-corrected chi connectivity index (χ3v) is 7.45. The molecule has 0 aromatic heterocycles. The highest BCUT2D eigenvalue weighted by Crippen LogP contribution is 2.33. The summed E-state index contributed by atoms with van der Waals surface area (Å²) in [5.41, 5.74) is 2.43. The van der Waals surface area contributed by atoms with Crippen molar-refractivity contribution < 1.29 is 4.39 Å². The molecule has 1 aromatic rings. The first kappa shape index (κ1) is 27.2. The van der Waals surface area contributed by atoms with Gasteiger partial charge in [-0.1, -0.05) is 46.4 Å². The van der Waals surface area contributed by atoms with Crippen molar-refractivity contribution in [1.82, 2.24) is 15.1 Å². The smallest absolute Gasteiger partial charge is 0.131 e. The van der Waals surface area contributed by atoms with Gasteiger partial charge in [0.05, 0.1) is 0 Å². The van der Waals surface area contributed by atoms with Gasteiger partial charge in [-0.2, -0.15) is 0 Å². The Morgan fingerprint density at radius 3 is 2.83 bits per heavy atom. The Hall–Kier alpha value is -2.40. The molecule has 1 N–H and O–H groups in total. The molecule has 3 heterocycles. The number of hydrogen-bond donors (Lipinski definition) is 1. The molecule has 3 atom stereocenters. The number of aliphatic imine (C=N–C) groups is 1. The van der Waals surface area contributed by atoms with Crippen LogP contribution in [0.5, 0.6) is 0 Å². The summed E-state index contributed by atoms with van der Waals surface area (Å²) in [4.78, 5) is 9.57. The quantitative estimate of drug-likeness (QED) is 0.497. The van der Waals surface area contributed by atoms with E-state index < -0.39 is 0 Å². The van der Waals surface area contributed by atoms with Crippen LogP contribution in [-0.2, 0) is 6.42 Å². The predicted octanol–water partition coefficient (Wildman–Crippen LogP) is 6.62. The Morgan fingerprint density at radius 1 is 1.29 bits per heavy atom. The summed E-state index contributed by atoms with van der Waals surface area (Å²) in [6, 6.07) is 6.09. The minimum Gasteiger partial charge on any atom is -0.337 e. The SMILES string of the molecule is C=C/C(=C1/NC(=NCCC2CC(C)CN3CCCC3C2)C=CN1C)c1cc(CC)ccc1F.CC. The van der Waals surface area contributed by atoms with E-state index >= 15 is 0 Å². The standard InChI is InChI=1S/C28H39FN4.C2H6/c1-5-21-9-10-26(29)25(18-21)24(6-2)28-31-27(12-15-32(28)4)30-13-11-22-16-20(3)19-33-14-7-8-23(33)17-22;1-2/h6,9-10,12,15,18,20,22-23H,2,5,7-8,11,13-14,16-17,19H2,1,3-4H3,(H,30,31);1-2H3/b28-24+;. The first-order chi connectivity index (χ1) is 17.0. The molecule has 2 saturated heterocycles. The average Bonchev–Trinajstić information content (AvgIpc) is 3.23. The number of benzene rings is 1. The van der Waals surface area contributed by atoms with E-state index in [-0.39, 0.29) is 5.82 Å². The lowest BCUT2D eigenvalue weighted by Crippen LogP contribution is -2.35. The molecule has 0 saturated carbocycles. The molecule has 0 spiro atoms. The number of nitrogens with one attached hydrogen (secondary N) is 1. The highest BCUT2D eigenvalue weighted by molar-refractivity contribution is 5.96. The molecular weight excluding hydrogens is 435 g/mol. The number of fused-ring (bicyclic) bond motifs is 1. The van der Waals surface area contributed by atoms with Gasteiger partial charge in [0.2, 0.25) is 0 Å². The van der Waals surface area contributed by atoms with Gasteiger partial charge in [-0.05, 0) is 80.7 Å². The Balaban J connectivity index is 0.00000167. The summed E-state index contributed by atoms with van der Waals surface area (Å²) in [5, 5.41) is 3.44. The number of halogens is 1. The summed E-state index contributed by atoms with van der Waals surface area (Å²) in [6.45, 7) is 15.8. The van der Waals surface area contributed by atoms with Crippen LogP contribution >= 0.6 is 0 Å². The van der Waals surface area contributed by atoms with Crippen LogP contribution in [0.15, 0.2) is 53.9 Å². The monoisotopic (exact) mass is 480 g/mol. The van der Waals surface area contributed by atoms with Crippen LogP contribution in [0.3, 0.4) is 0 Å². The van der Waals surface area contributed by atoms with E-state index in [2.05, 4.69) is 30.6 Å². The van der Waals surface area contributed by atoms with Crippen molar-refractivity contribution in [2.75, 3.05) is 26.7 Å². The lowest BCUT2D eigenvalue weighted by molar-refractivity contribution is 0.234. The number of aryl methyl sites for hydroxylation is 1. The Labute approximate surface area is 212 Å². The molecule has 5 heteroatoms. The molecule has 0 radical (unpaired) electrons. The summed E-state index contributed by atoms with van der Waals surface area (Å²) < 4.78 is 14.7. The number of amidine groups is 1. The van der Waals surface area contributed by atoms with E-state index in [1.807, 2.05) is 50.2 Å². The van der Waals surface area contributed by atoms with Crippen molar-refractivity contribution in [3.8, 4) is 0 Å². The van der Waals surface area contributed by atoms with Gasteiger partial charge in [0.25, 0.3) is 0 Å². The van der Waals surface area contributed by atoms with Crippen molar-refractivity contribution in [3.05, 3.63) is 65.9 Å². The van der Waals surface area contributed by atoms with Crippen LogP contribution in [0.4, 0.5) is 4.39 Å². The molecule has 3 aliphatic rings. The van der Waals surface area contributed by atoms with Crippen LogP contribution in [0.2, 0.25) is 0 Å². The summed E-state index contributed by atoms with van der Waals surface area (Å²) in [5.74, 6) is 2.92. The fraction of sp³-hybridized carbons (Fsp3) is 0.567. The van der Waals surface area contributed by atoms with Gasteiger partial charge in [-0.15, -0.1) is 0 Å². The molecule has 4 nitrogen and oxygen atoms in total. The summed E-state index contributed by atoms with van der Waals surface area (Å²) in [6.07, 6.45) is 13.1. The Morgan fingerprint density at radius 2 is 2.09 bits per heavy atom. The fourth-order valence-electron chi connectivity index (χ4n) is 5.72. The van der Waals surface area contributed by atoms with Gasteiger partial charge in [0.1, 0.15) is 17.5 Å². The lowest BCUT2D eigenvalue weighted by atomic mass is 9.89. The van der Waals surface area contributed by atoms with Crippen LogP contribution in [0.25, 0.3) is 5.57 Å². The average molecular weight is 481 g/mol. The van der Waals surface area contributed by atoms with Crippen LogP contribution in [-0.4, -0.2) is 48.4 Å². The zero-order valence-corrected chi connectivity index (χ0v) is 22.5. The second-order valence-electron chi connectivity index (χ2n) is 9.98. The second-order valence-corrected chi connectivity index (χ2v) is 9.98. The van der Waals surface area contributed by atoms with Crippen LogP contribution in [0.1, 0.15) is 70.9 Å². The maximum atomic E-state index is 14.7. The maximum absolute atomic E-state index is 14.7. The minimum atomic E-state index is -0.235. The maximum Gasteiger partial charge on any atom is 0.131 e. The first-order valence-electron chi connectivity index (χ1n) is 13.6. The van der Waals surface area contributed by atoms with Gasteiger partial charge in [-0.3, -0.25) is 4.99 Å². The van der Waals surface area contributed by atoms with E-state index in [0.717, 1.165) is 60.1 Å². The lowest BCUT2D eigenvalue weighted by Gasteiger charge is -2.27. The molecule has 3 unspecified atom stereocenters. The van der Waals surface area contributed by atoms with Crippen molar-refractivity contribution in [2.45, 2.75) is 72.3 Å². The Kier molecular flexibility index (Phi) is 10.1. The second kappa shape index (κ2) is 13.1. The molecule has 0 amide bonds. The van der Waals surface area contributed by atoms with Crippen molar-refractivity contribution in [3.63, 3.8) is 0 Å². The van der Waals surface area contributed by atoms with Crippen molar-refractivity contribution >= 4 is 11.4 Å².